The van der Waals surface area contributed by atoms with Crippen LogP contribution in [0.25, 0.3) is 0 Å². The molecule has 0 aromatic heterocycles. The first kappa shape index (κ1) is 14.9. The highest BCUT2D eigenvalue weighted by atomic mass is 35.5. The summed E-state index contributed by atoms with van der Waals surface area (Å²) in [6.45, 7) is 13.7. The van der Waals surface area contributed by atoms with Crippen molar-refractivity contribution in [3.63, 3.8) is 0 Å². The summed E-state index contributed by atoms with van der Waals surface area (Å²) < 4.78 is 0. The van der Waals surface area contributed by atoms with E-state index in [1.165, 1.54) is 23.1 Å². The maximum Gasteiger partial charge on any atom is 0.0621 e. The summed E-state index contributed by atoms with van der Waals surface area (Å²) >= 11 is 6.77. The van der Waals surface area contributed by atoms with Gasteiger partial charge in [0.05, 0.1) is 5.38 Å². The topological polar surface area (TPSA) is 0 Å². The molecule has 1 fully saturated rings. The molecule has 0 heterocycles. The molecule has 0 aliphatic heterocycles. The van der Waals surface area contributed by atoms with Gasteiger partial charge in [-0.2, -0.15) is 0 Å². The normalized spacial score (nSPS) is 22.9. The van der Waals surface area contributed by atoms with E-state index in [4.69, 9.17) is 11.6 Å². The lowest BCUT2D eigenvalue weighted by Gasteiger charge is -2.20. The molecule has 1 aromatic rings. The van der Waals surface area contributed by atoms with E-state index >= 15 is 0 Å². The number of halogens is 1. The second-order valence-electron chi connectivity index (χ2n) is 7.40. The highest BCUT2D eigenvalue weighted by molar-refractivity contribution is 6.21. The van der Waals surface area contributed by atoms with Crippen molar-refractivity contribution < 1.29 is 0 Å². The smallest absolute Gasteiger partial charge is 0.0621 e. The fraction of sp³-hybridized carbons (Fsp3) is 0.667. The van der Waals surface area contributed by atoms with Crippen LogP contribution in [-0.4, -0.2) is 0 Å². The van der Waals surface area contributed by atoms with Crippen molar-refractivity contribution in [1.82, 2.24) is 0 Å². The zero-order valence-electron chi connectivity index (χ0n) is 13.1. The maximum atomic E-state index is 6.77. The Hall–Kier alpha value is -0.490. The van der Waals surface area contributed by atoms with E-state index < -0.39 is 0 Å². The van der Waals surface area contributed by atoms with Crippen molar-refractivity contribution >= 4 is 11.6 Å². The van der Waals surface area contributed by atoms with Crippen LogP contribution in [0.15, 0.2) is 18.2 Å². The van der Waals surface area contributed by atoms with Crippen molar-refractivity contribution in [2.24, 2.45) is 11.3 Å². The lowest BCUT2D eigenvalue weighted by atomic mass is 9.88. The zero-order chi connectivity index (χ0) is 14.4. The van der Waals surface area contributed by atoms with Gasteiger partial charge in [-0.1, -0.05) is 59.7 Å². The zero-order valence-corrected chi connectivity index (χ0v) is 13.9. The van der Waals surface area contributed by atoms with E-state index in [1.807, 2.05) is 0 Å². The van der Waals surface area contributed by atoms with Crippen molar-refractivity contribution in [3.05, 3.63) is 34.9 Å². The van der Waals surface area contributed by atoms with Gasteiger partial charge in [-0.05, 0) is 46.3 Å². The minimum Gasteiger partial charge on any atom is -0.117 e. The van der Waals surface area contributed by atoms with Crippen LogP contribution in [-0.2, 0) is 0 Å². The Kier molecular flexibility index (Phi) is 4.02. The highest BCUT2D eigenvalue weighted by Gasteiger charge is 2.50. The SMILES string of the molecule is CC(C)c1ccc(C(Cl)C2CC2(C)C)c(C(C)C)c1. The highest BCUT2D eigenvalue weighted by Crippen LogP contribution is 2.60. The Labute approximate surface area is 123 Å². The molecule has 1 aliphatic rings. The molecule has 0 radical (unpaired) electrons. The van der Waals surface area contributed by atoms with Gasteiger partial charge in [0.2, 0.25) is 0 Å². The van der Waals surface area contributed by atoms with Gasteiger partial charge in [0.15, 0.2) is 0 Å². The van der Waals surface area contributed by atoms with Gasteiger partial charge in [-0.3, -0.25) is 0 Å². The van der Waals surface area contributed by atoms with Gasteiger partial charge < -0.3 is 0 Å². The summed E-state index contributed by atoms with van der Waals surface area (Å²) in [5.74, 6) is 1.76. The number of alkyl halides is 1. The fourth-order valence-electron chi connectivity index (χ4n) is 2.93. The van der Waals surface area contributed by atoms with Crippen LogP contribution in [0.4, 0.5) is 0 Å². The molecular weight excluding hydrogens is 252 g/mol. The molecule has 0 nitrogen and oxygen atoms in total. The van der Waals surface area contributed by atoms with Crippen molar-refractivity contribution in [2.75, 3.05) is 0 Å². The monoisotopic (exact) mass is 278 g/mol. The van der Waals surface area contributed by atoms with Gasteiger partial charge in [0.1, 0.15) is 0 Å². The quantitative estimate of drug-likeness (QED) is 0.570. The van der Waals surface area contributed by atoms with Gasteiger partial charge in [-0.15, -0.1) is 11.6 Å². The molecule has 0 N–H and O–H groups in total. The summed E-state index contributed by atoms with van der Waals surface area (Å²) in [7, 11) is 0. The fourth-order valence-corrected chi connectivity index (χ4v) is 3.56. The summed E-state index contributed by atoms with van der Waals surface area (Å²) in [4.78, 5) is 0. The molecule has 1 aromatic carbocycles. The molecular formula is C18H27Cl. The lowest BCUT2D eigenvalue weighted by Crippen LogP contribution is -2.05. The van der Waals surface area contributed by atoms with Gasteiger partial charge >= 0.3 is 0 Å². The molecule has 0 spiro atoms. The van der Waals surface area contributed by atoms with Crippen molar-refractivity contribution in [3.8, 4) is 0 Å². The Morgan fingerprint density at radius 1 is 1.05 bits per heavy atom. The molecule has 2 atom stereocenters. The molecule has 0 bridgehead atoms. The van der Waals surface area contributed by atoms with Crippen LogP contribution >= 0.6 is 11.6 Å². The predicted octanol–water partition coefficient (Wildman–Crippen LogP) is 6.26. The number of benzene rings is 1. The number of rotatable bonds is 4. The first-order valence-electron chi connectivity index (χ1n) is 7.52. The second-order valence-corrected chi connectivity index (χ2v) is 7.87. The van der Waals surface area contributed by atoms with E-state index in [0.29, 0.717) is 23.2 Å². The van der Waals surface area contributed by atoms with E-state index in [1.54, 1.807) is 0 Å². The standard InChI is InChI=1S/C18H27Cl/c1-11(2)13-7-8-14(15(9-13)12(3)4)17(19)16-10-18(16,5)6/h7-9,11-12,16-17H,10H2,1-6H3. The van der Waals surface area contributed by atoms with Gasteiger partial charge in [-0.25, -0.2) is 0 Å². The average molecular weight is 279 g/mol. The van der Waals surface area contributed by atoms with E-state index in [-0.39, 0.29) is 5.38 Å². The third kappa shape index (κ3) is 2.99. The van der Waals surface area contributed by atoms with E-state index in [2.05, 4.69) is 59.7 Å². The second kappa shape index (κ2) is 5.13. The minimum absolute atomic E-state index is 0.175. The van der Waals surface area contributed by atoms with Gasteiger partial charge in [0, 0.05) is 0 Å². The molecule has 1 saturated carbocycles. The Morgan fingerprint density at radius 2 is 1.63 bits per heavy atom. The van der Waals surface area contributed by atoms with Crippen LogP contribution in [0.1, 0.15) is 81.9 Å². The summed E-state index contributed by atoms with van der Waals surface area (Å²) in [6.07, 6.45) is 1.25. The summed E-state index contributed by atoms with van der Waals surface area (Å²) in [5, 5.41) is 0.175. The molecule has 1 heteroatoms. The third-order valence-electron chi connectivity index (χ3n) is 4.64. The molecule has 1 aliphatic carbocycles. The first-order chi connectivity index (χ1) is 8.74. The Balaban J connectivity index is 2.34. The predicted molar refractivity (Wildman–Crippen MR) is 85.1 cm³/mol. The Morgan fingerprint density at radius 3 is 2.05 bits per heavy atom. The number of hydrogen-bond acceptors (Lipinski definition) is 0. The molecule has 19 heavy (non-hydrogen) atoms. The largest absolute Gasteiger partial charge is 0.117 e. The molecule has 106 valence electrons. The summed E-state index contributed by atoms with van der Waals surface area (Å²) in [5.41, 5.74) is 4.65. The molecule has 2 unspecified atom stereocenters. The third-order valence-corrected chi connectivity index (χ3v) is 5.18. The van der Waals surface area contributed by atoms with Gasteiger partial charge in [0.25, 0.3) is 0 Å². The average Bonchev–Trinajstić information content (AvgIpc) is 2.96. The van der Waals surface area contributed by atoms with Crippen molar-refractivity contribution in [2.45, 2.75) is 65.2 Å². The molecule has 0 amide bonds. The van der Waals surface area contributed by atoms with E-state index in [9.17, 15) is 0 Å². The molecule has 0 saturated heterocycles. The minimum atomic E-state index is 0.175. The Bertz CT molecular complexity index is 457. The van der Waals surface area contributed by atoms with Crippen LogP contribution in [0, 0.1) is 11.3 Å². The summed E-state index contributed by atoms with van der Waals surface area (Å²) in [6, 6.07) is 6.91. The first-order valence-corrected chi connectivity index (χ1v) is 7.95. The van der Waals surface area contributed by atoms with Crippen LogP contribution in [0.2, 0.25) is 0 Å². The number of hydrogen-bond donors (Lipinski definition) is 0. The van der Waals surface area contributed by atoms with Crippen LogP contribution in [0.3, 0.4) is 0 Å². The maximum absolute atomic E-state index is 6.77. The van der Waals surface area contributed by atoms with Crippen LogP contribution in [0.5, 0.6) is 0 Å². The molecule has 2 rings (SSSR count). The van der Waals surface area contributed by atoms with E-state index in [0.717, 1.165) is 0 Å². The van der Waals surface area contributed by atoms with Crippen LogP contribution < -0.4 is 0 Å². The van der Waals surface area contributed by atoms with Crippen molar-refractivity contribution in [1.29, 1.82) is 0 Å². The lowest BCUT2D eigenvalue weighted by molar-refractivity contribution is 0.545.